The molecule has 0 spiro atoms. The van der Waals surface area contributed by atoms with Crippen molar-refractivity contribution in [2.24, 2.45) is 5.50 Å². The molecule has 2 nitrogen and oxygen atoms in total. The first-order valence-electron chi connectivity index (χ1n) is 2.64. The van der Waals surface area contributed by atoms with Crippen LogP contribution in [0.25, 0.3) is 0 Å². The van der Waals surface area contributed by atoms with Gasteiger partial charge in [0.05, 0.1) is 0 Å². The normalized spacial score (nSPS) is 17.9. The van der Waals surface area contributed by atoms with Gasteiger partial charge < -0.3 is 0 Å². The molecule has 0 aromatic rings. The molecule has 0 radical (unpaired) electrons. The van der Waals surface area contributed by atoms with Crippen LogP contribution in [0.2, 0.25) is 0 Å². The number of hydrogen-bond acceptors (Lipinski definition) is 2. The van der Waals surface area contributed by atoms with Crippen molar-refractivity contribution in [2.45, 2.75) is 13.8 Å². The molecule has 0 rings (SSSR count). The largest absolute Gasteiger partial charge is 0.295 e. The monoisotopic (exact) mass is 153 g/mol. The molecule has 0 aromatic heterocycles. The lowest BCUT2D eigenvalue weighted by Gasteiger charge is -2.05. The van der Waals surface area contributed by atoms with Crippen LogP contribution in [0, 0.1) is 0 Å². The molecule has 2 N–H and O–H groups in total. The van der Waals surface area contributed by atoms with E-state index in [4.69, 9.17) is 5.50 Å². The lowest BCUT2D eigenvalue weighted by atomic mass is 11.0. The zero-order valence-corrected chi connectivity index (χ0v) is 6.97. The third-order valence-electron chi connectivity index (χ3n) is 0.788. The average molecular weight is 153 g/mol. The number of nitrogens with two attached hydrogens (primary N) is 1. The van der Waals surface area contributed by atoms with E-state index in [-0.39, 0.29) is 0 Å². The topological polar surface area (TPSA) is 43.1 Å². The van der Waals surface area contributed by atoms with Crippen molar-refractivity contribution in [3.8, 4) is 0 Å². The standard InChI is InChI=1S/C4H12NOPS/c1-3-7(5,6)8-4-2/h3-4H2,1-2H3,(H2,5,6). The molecule has 0 saturated carbocycles. The summed E-state index contributed by atoms with van der Waals surface area (Å²) in [6.45, 7) is 1.55. The fourth-order valence-electron chi connectivity index (χ4n) is 0.310. The molecular weight excluding hydrogens is 141 g/mol. The van der Waals surface area contributed by atoms with Crippen molar-refractivity contribution < 1.29 is 4.57 Å². The fourth-order valence-corrected chi connectivity index (χ4v) is 2.79. The van der Waals surface area contributed by atoms with Gasteiger partial charge in [0, 0.05) is 6.16 Å². The van der Waals surface area contributed by atoms with Gasteiger partial charge >= 0.3 is 0 Å². The van der Waals surface area contributed by atoms with E-state index in [9.17, 15) is 4.57 Å². The summed E-state index contributed by atoms with van der Waals surface area (Å²) in [6, 6.07) is 0. The zero-order chi connectivity index (χ0) is 6.62. The minimum absolute atomic E-state index is 0.603. The highest BCUT2D eigenvalue weighted by Gasteiger charge is 2.10. The van der Waals surface area contributed by atoms with Crippen LogP contribution in [0.4, 0.5) is 0 Å². The number of hydrogen-bond donors (Lipinski definition) is 1. The minimum Gasteiger partial charge on any atom is -0.295 e. The number of rotatable bonds is 3. The maximum absolute atomic E-state index is 10.9. The van der Waals surface area contributed by atoms with Gasteiger partial charge in [-0.1, -0.05) is 25.2 Å². The second-order valence-electron chi connectivity index (χ2n) is 1.46. The molecule has 50 valence electrons. The van der Waals surface area contributed by atoms with Crippen LogP contribution in [0.5, 0.6) is 0 Å². The smallest absolute Gasteiger partial charge is 0.197 e. The van der Waals surface area contributed by atoms with Gasteiger partial charge in [0.15, 0.2) is 6.49 Å². The van der Waals surface area contributed by atoms with Gasteiger partial charge in [-0.05, 0) is 5.75 Å². The molecule has 0 aromatic carbocycles. The molecular formula is C4H12NOPS. The molecule has 0 heterocycles. The van der Waals surface area contributed by atoms with E-state index in [2.05, 4.69) is 0 Å². The Kier molecular flexibility index (Phi) is 3.78. The Hall–Kier alpha value is 0.540. The zero-order valence-electron chi connectivity index (χ0n) is 5.26. The van der Waals surface area contributed by atoms with Crippen molar-refractivity contribution in [1.82, 2.24) is 0 Å². The molecule has 4 heteroatoms. The minimum atomic E-state index is -2.26. The summed E-state index contributed by atoms with van der Waals surface area (Å²) in [5, 5.41) is 0. The molecule has 0 fully saturated rings. The first-order valence-corrected chi connectivity index (χ1v) is 6.19. The SMILES string of the molecule is CCSP(N)(=O)CC. The highest BCUT2D eigenvalue weighted by atomic mass is 32.7. The second-order valence-corrected chi connectivity index (χ2v) is 7.01. The summed E-state index contributed by atoms with van der Waals surface area (Å²) >= 11 is 1.37. The Bertz CT molecular complexity index is 106. The Morgan fingerprint density at radius 2 is 2.12 bits per heavy atom. The highest BCUT2D eigenvalue weighted by molar-refractivity contribution is 8.57. The van der Waals surface area contributed by atoms with Crippen LogP contribution >= 0.6 is 17.9 Å². The summed E-state index contributed by atoms with van der Waals surface area (Å²) in [5.41, 5.74) is 5.35. The van der Waals surface area contributed by atoms with Gasteiger partial charge in [0.2, 0.25) is 0 Å². The van der Waals surface area contributed by atoms with Crippen molar-refractivity contribution in [3.63, 3.8) is 0 Å². The molecule has 1 unspecified atom stereocenters. The quantitative estimate of drug-likeness (QED) is 0.630. The van der Waals surface area contributed by atoms with Crippen LogP contribution in [0.1, 0.15) is 13.8 Å². The Morgan fingerprint density at radius 1 is 1.62 bits per heavy atom. The van der Waals surface area contributed by atoms with Gasteiger partial charge in [0.25, 0.3) is 0 Å². The summed E-state index contributed by atoms with van der Waals surface area (Å²) in [6.07, 6.45) is 0.603. The summed E-state index contributed by atoms with van der Waals surface area (Å²) < 4.78 is 10.9. The van der Waals surface area contributed by atoms with E-state index in [0.717, 1.165) is 5.75 Å². The molecule has 8 heavy (non-hydrogen) atoms. The van der Waals surface area contributed by atoms with Crippen LogP contribution in [-0.4, -0.2) is 11.9 Å². The van der Waals surface area contributed by atoms with Gasteiger partial charge in [-0.25, -0.2) is 0 Å². The molecule has 0 aliphatic rings. The van der Waals surface area contributed by atoms with E-state index in [1.54, 1.807) is 0 Å². The third-order valence-corrected chi connectivity index (χ3v) is 5.23. The maximum atomic E-state index is 10.9. The summed E-state index contributed by atoms with van der Waals surface area (Å²) in [5.74, 6) is 0.849. The maximum Gasteiger partial charge on any atom is 0.197 e. The molecule has 0 aliphatic heterocycles. The van der Waals surface area contributed by atoms with Crippen molar-refractivity contribution in [3.05, 3.63) is 0 Å². The van der Waals surface area contributed by atoms with Crippen molar-refractivity contribution in [1.29, 1.82) is 0 Å². The molecule has 0 aliphatic carbocycles. The van der Waals surface area contributed by atoms with E-state index < -0.39 is 6.49 Å². The molecule has 0 amide bonds. The van der Waals surface area contributed by atoms with Gasteiger partial charge in [0.1, 0.15) is 0 Å². The summed E-state index contributed by atoms with van der Waals surface area (Å²) in [7, 11) is 0. The first-order chi connectivity index (χ1) is 3.62. The van der Waals surface area contributed by atoms with Crippen LogP contribution in [-0.2, 0) is 4.57 Å². The Labute approximate surface area is 54.4 Å². The van der Waals surface area contributed by atoms with Gasteiger partial charge in [-0.15, -0.1) is 0 Å². The van der Waals surface area contributed by atoms with Crippen LogP contribution < -0.4 is 5.50 Å². The lowest BCUT2D eigenvalue weighted by molar-refractivity contribution is 0.586. The Morgan fingerprint density at radius 3 is 2.25 bits per heavy atom. The second kappa shape index (κ2) is 3.54. The fraction of sp³-hybridized carbons (Fsp3) is 1.00. The summed E-state index contributed by atoms with van der Waals surface area (Å²) in [4.78, 5) is 0. The first kappa shape index (κ1) is 8.54. The van der Waals surface area contributed by atoms with E-state index >= 15 is 0 Å². The average Bonchev–Trinajstić information content (AvgIpc) is 1.67. The predicted octanol–water partition coefficient (Wildman–Crippen LogP) is 1.91. The van der Waals surface area contributed by atoms with E-state index in [1.165, 1.54) is 11.4 Å². The van der Waals surface area contributed by atoms with Gasteiger partial charge in [-0.2, -0.15) is 0 Å². The van der Waals surface area contributed by atoms with Crippen molar-refractivity contribution in [2.75, 3.05) is 11.9 Å². The van der Waals surface area contributed by atoms with Crippen molar-refractivity contribution >= 4 is 17.9 Å². The van der Waals surface area contributed by atoms with Gasteiger partial charge in [-0.3, -0.25) is 10.1 Å². The molecule has 0 bridgehead atoms. The third kappa shape index (κ3) is 3.53. The van der Waals surface area contributed by atoms with E-state index in [1.807, 2.05) is 13.8 Å². The highest BCUT2D eigenvalue weighted by Crippen LogP contribution is 2.49. The molecule has 0 saturated heterocycles. The lowest BCUT2D eigenvalue weighted by Crippen LogP contribution is -1.92. The molecule has 1 atom stereocenters. The predicted molar refractivity (Wildman–Crippen MR) is 40.5 cm³/mol. The van der Waals surface area contributed by atoms with Crippen LogP contribution in [0.15, 0.2) is 0 Å². The Balaban J connectivity index is 3.55. The van der Waals surface area contributed by atoms with Crippen LogP contribution in [0.3, 0.4) is 0 Å². The van der Waals surface area contributed by atoms with E-state index in [0.29, 0.717) is 6.16 Å².